The summed E-state index contributed by atoms with van der Waals surface area (Å²) in [5.74, 6) is 0. The lowest BCUT2D eigenvalue weighted by atomic mass is 10.3. The van der Waals surface area contributed by atoms with Gasteiger partial charge in [0.05, 0.1) is 48.2 Å². The third-order valence-electron chi connectivity index (χ3n) is 7.24. The van der Waals surface area contributed by atoms with Crippen molar-refractivity contribution in [2.45, 2.75) is 12.1 Å². The van der Waals surface area contributed by atoms with E-state index in [9.17, 15) is 5.26 Å². The predicted octanol–water partition coefficient (Wildman–Crippen LogP) is -0.373. The topological polar surface area (TPSA) is 23.8 Å². The molecule has 1 saturated heterocycles. The molecule has 0 aliphatic carbocycles. The molecular weight excluding hydrogens is 690 g/mol. The van der Waals surface area contributed by atoms with Crippen molar-refractivity contribution in [1.82, 2.24) is 0 Å². The van der Waals surface area contributed by atoms with E-state index in [1.165, 1.54) is 27.4 Å². The van der Waals surface area contributed by atoms with E-state index < -0.39 is 14.5 Å². The molecule has 1 aliphatic heterocycles. The first-order valence-corrected chi connectivity index (χ1v) is 15.8. The molecule has 0 aromatic heterocycles. The summed E-state index contributed by atoms with van der Waals surface area (Å²) in [5.41, 5.74) is 0.356. The predicted molar refractivity (Wildman–Crippen MR) is 147 cm³/mol. The van der Waals surface area contributed by atoms with Crippen molar-refractivity contribution in [3.8, 4) is 6.07 Å². The summed E-state index contributed by atoms with van der Waals surface area (Å²) in [7, 11) is -3.36. The smallest absolute Gasteiger partial charge is 0.126 e. The minimum absolute atomic E-state index is 0. The lowest BCUT2D eigenvalue weighted by Crippen LogP contribution is -3.00. The zero-order chi connectivity index (χ0) is 22.6. The SMILES string of the molecule is N#CCC1C[P+](c2ccccc2)(c2ccccc2)CC[P+]1(c1ccccc1)c1ccccc1.[I-].[I-]. The Balaban J connectivity index is 0.00000171. The van der Waals surface area contributed by atoms with Crippen LogP contribution in [0.5, 0.6) is 0 Å². The van der Waals surface area contributed by atoms with Crippen molar-refractivity contribution in [2.75, 3.05) is 18.5 Å². The Kier molecular flexibility index (Phi) is 10.3. The van der Waals surface area contributed by atoms with Gasteiger partial charge in [0, 0.05) is 0 Å². The van der Waals surface area contributed by atoms with Crippen LogP contribution in [0.1, 0.15) is 6.42 Å². The number of nitriles is 1. The molecule has 1 nitrogen and oxygen atoms in total. The Morgan fingerprint density at radius 3 is 1.31 bits per heavy atom. The summed E-state index contributed by atoms with van der Waals surface area (Å²) in [5, 5.41) is 15.9. The third-order valence-corrected chi connectivity index (χ3v) is 17.5. The molecule has 35 heavy (non-hydrogen) atoms. The number of hydrogen-bond donors (Lipinski definition) is 0. The molecule has 0 radical (unpaired) electrons. The van der Waals surface area contributed by atoms with Gasteiger partial charge in [-0.3, -0.25) is 0 Å². The van der Waals surface area contributed by atoms with Crippen LogP contribution >= 0.6 is 14.5 Å². The fourth-order valence-electron chi connectivity index (χ4n) is 5.69. The highest BCUT2D eigenvalue weighted by Crippen LogP contribution is 2.74. The van der Waals surface area contributed by atoms with Gasteiger partial charge in [-0.2, -0.15) is 5.26 Å². The molecule has 1 aliphatic rings. The van der Waals surface area contributed by atoms with Crippen LogP contribution in [-0.2, 0) is 0 Å². The highest BCUT2D eigenvalue weighted by atomic mass is 127. The van der Waals surface area contributed by atoms with Crippen LogP contribution in [0.3, 0.4) is 0 Å². The first kappa shape index (κ1) is 28.3. The Morgan fingerprint density at radius 1 is 0.571 bits per heavy atom. The van der Waals surface area contributed by atoms with Crippen LogP contribution in [0.4, 0.5) is 0 Å². The largest absolute Gasteiger partial charge is 1.00 e. The molecule has 5 heteroatoms. The lowest BCUT2D eigenvalue weighted by molar-refractivity contribution is -0.00100. The molecule has 0 bridgehead atoms. The molecule has 0 spiro atoms. The van der Waals surface area contributed by atoms with Crippen LogP contribution in [0.15, 0.2) is 121 Å². The number of hydrogen-bond acceptors (Lipinski definition) is 1. The minimum Gasteiger partial charge on any atom is -1.00 e. The summed E-state index contributed by atoms with van der Waals surface area (Å²) in [6.07, 6.45) is 4.07. The van der Waals surface area contributed by atoms with E-state index in [2.05, 4.69) is 127 Å². The van der Waals surface area contributed by atoms with E-state index in [4.69, 9.17) is 0 Å². The normalized spacial score (nSPS) is 17.7. The number of rotatable bonds is 5. The monoisotopic (exact) mass is 719 g/mol. The minimum atomic E-state index is -1.74. The first-order valence-electron chi connectivity index (χ1n) is 11.6. The number of nitrogens with zero attached hydrogens (tertiary/aromatic N) is 1. The highest BCUT2D eigenvalue weighted by Gasteiger charge is 2.62. The Morgan fingerprint density at radius 2 is 0.943 bits per heavy atom. The van der Waals surface area contributed by atoms with E-state index in [1.807, 2.05) is 0 Å². The maximum absolute atomic E-state index is 10.0. The van der Waals surface area contributed by atoms with Crippen molar-refractivity contribution in [2.24, 2.45) is 0 Å². The van der Waals surface area contributed by atoms with Crippen LogP contribution in [-0.4, -0.2) is 24.1 Å². The Labute approximate surface area is 245 Å². The second kappa shape index (κ2) is 12.8. The molecule has 0 saturated carbocycles. The second-order valence-electron chi connectivity index (χ2n) is 8.82. The lowest BCUT2D eigenvalue weighted by Gasteiger charge is -2.42. The molecule has 1 unspecified atom stereocenters. The van der Waals surface area contributed by atoms with E-state index >= 15 is 0 Å². The van der Waals surface area contributed by atoms with Crippen molar-refractivity contribution in [1.29, 1.82) is 5.26 Å². The molecule has 4 aromatic carbocycles. The van der Waals surface area contributed by atoms with Gasteiger partial charge in [-0.1, -0.05) is 72.8 Å². The molecule has 1 heterocycles. The molecule has 4 aromatic rings. The van der Waals surface area contributed by atoms with Gasteiger partial charge in [0.1, 0.15) is 24.1 Å². The van der Waals surface area contributed by atoms with Gasteiger partial charge in [-0.25, -0.2) is 0 Å². The molecule has 1 fully saturated rings. The fourth-order valence-corrected chi connectivity index (χ4v) is 17.8. The van der Waals surface area contributed by atoms with Crippen LogP contribution in [0.2, 0.25) is 0 Å². The van der Waals surface area contributed by atoms with Crippen LogP contribution in [0.25, 0.3) is 0 Å². The van der Waals surface area contributed by atoms with Gasteiger partial charge >= 0.3 is 0 Å². The first-order chi connectivity index (χ1) is 16.3. The van der Waals surface area contributed by atoms with Crippen LogP contribution in [0, 0.1) is 11.3 Å². The second-order valence-corrected chi connectivity index (χ2v) is 16.6. The average Bonchev–Trinajstić information content (AvgIpc) is 2.91. The van der Waals surface area contributed by atoms with Crippen molar-refractivity contribution >= 4 is 35.7 Å². The van der Waals surface area contributed by atoms with Gasteiger partial charge in [-0.15, -0.1) is 0 Å². The summed E-state index contributed by atoms with van der Waals surface area (Å²) < 4.78 is 0. The fraction of sp³-hybridized carbons (Fsp3) is 0.167. The quantitative estimate of drug-likeness (QED) is 0.204. The van der Waals surface area contributed by atoms with Crippen molar-refractivity contribution in [3.05, 3.63) is 121 Å². The van der Waals surface area contributed by atoms with E-state index in [0.29, 0.717) is 12.1 Å². The maximum Gasteiger partial charge on any atom is 0.126 e. The average molecular weight is 719 g/mol. The number of halogens is 2. The standard InChI is InChI=1S/C30H29NP2.2HI/c31-22-21-30-25-32(26-13-5-1-6-14-26,27-15-7-2-8-16-27)23-24-33(30,28-17-9-3-10-18-28)29-19-11-4-12-20-29;;/h1-20,30H,21,23-25H2;2*1H/q+2;;/p-2. The van der Waals surface area contributed by atoms with Gasteiger partial charge in [0.15, 0.2) is 0 Å². The number of benzene rings is 4. The van der Waals surface area contributed by atoms with E-state index in [-0.39, 0.29) is 48.0 Å². The van der Waals surface area contributed by atoms with Gasteiger partial charge in [0.2, 0.25) is 0 Å². The summed E-state index contributed by atoms with van der Waals surface area (Å²) in [4.78, 5) is 0. The van der Waals surface area contributed by atoms with E-state index in [0.717, 1.165) is 12.3 Å². The summed E-state index contributed by atoms with van der Waals surface area (Å²) >= 11 is 0. The summed E-state index contributed by atoms with van der Waals surface area (Å²) in [6, 6.07) is 47.1. The van der Waals surface area contributed by atoms with Crippen molar-refractivity contribution < 1.29 is 48.0 Å². The molecule has 1 atom stereocenters. The highest BCUT2D eigenvalue weighted by molar-refractivity contribution is 7.96. The summed E-state index contributed by atoms with van der Waals surface area (Å²) in [6.45, 7) is 0. The Hall–Kier alpha value is -1.31. The van der Waals surface area contributed by atoms with Crippen molar-refractivity contribution in [3.63, 3.8) is 0 Å². The van der Waals surface area contributed by atoms with Gasteiger partial charge < -0.3 is 48.0 Å². The zero-order valence-corrected chi connectivity index (χ0v) is 25.7. The van der Waals surface area contributed by atoms with Gasteiger partial charge in [-0.05, 0) is 48.5 Å². The molecule has 0 N–H and O–H groups in total. The molecule has 178 valence electrons. The van der Waals surface area contributed by atoms with E-state index in [1.54, 1.807) is 0 Å². The molecular formula is C30H29I2NP2. The molecule has 0 amide bonds. The van der Waals surface area contributed by atoms with Gasteiger partial charge in [0.25, 0.3) is 0 Å². The molecule has 5 rings (SSSR count). The third kappa shape index (κ3) is 5.37. The Bertz CT molecular complexity index is 1150. The van der Waals surface area contributed by atoms with Crippen LogP contribution < -0.4 is 69.2 Å². The zero-order valence-electron chi connectivity index (χ0n) is 19.6. The maximum atomic E-state index is 10.0.